The second kappa shape index (κ2) is 9.90. The molecule has 0 saturated carbocycles. The fraction of sp³-hybridized carbons (Fsp3) is 0.333. The molecule has 31 heavy (non-hydrogen) atoms. The van der Waals surface area contributed by atoms with Crippen LogP contribution in [0, 0.1) is 0 Å². The number of nitrogens with one attached hydrogen (secondary N) is 1. The Hall–Kier alpha value is -2.95. The minimum atomic E-state index is -3.63. The Morgan fingerprint density at radius 2 is 1.68 bits per heavy atom. The van der Waals surface area contributed by atoms with E-state index in [-0.39, 0.29) is 23.3 Å². The van der Waals surface area contributed by atoms with E-state index in [1.807, 2.05) is 0 Å². The number of anilines is 1. The number of carbonyl (C=O) groups excluding carboxylic acids is 2. The van der Waals surface area contributed by atoms with E-state index in [2.05, 4.69) is 5.32 Å². The van der Waals surface area contributed by atoms with Crippen LogP contribution in [-0.2, 0) is 19.6 Å². The van der Waals surface area contributed by atoms with E-state index in [1.165, 1.54) is 40.5 Å². The zero-order valence-corrected chi connectivity index (χ0v) is 18.2. The van der Waals surface area contributed by atoms with Gasteiger partial charge in [-0.25, -0.2) is 8.42 Å². The van der Waals surface area contributed by atoms with Gasteiger partial charge in [0.2, 0.25) is 15.9 Å². The van der Waals surface area contributed by atoms with Crippen molar-refractivity contribution in [2.75, 3.05) is 52.3 Å². The molecule has 0 atom stereocenters. The van der Waals surface area contributed by atoms with Gasteiger partial charge < -0.3 is 19.7 Å². The number of sulfonamides is 1. The second-order valence-electron chi connectivity index (χ2n) is 6.98. The largest absolute Gasteiger partial charge is 0.497 e. The number of methoxy groups -OCH3 is 1. The summed E-state index contributed by atoms with van der Waals surface area (Å²) in [6, 6.07) is 12.6. The maximum absolute atomic E-state index is 12.7. The van der Waals surface area contributed by atoms with Gasteiger partial charge in [0.1, 0.15) is 5.75 Å². The molecule has 1 saturated heterocycles. The zero-order chi connectivity index (χ0) is 22.4. The van der Waals surface area contributed by atoms with E-state index in [4.69, 9.17) is 9.47 Å². The highest BCUT2D eigenvalue weighted by Crippen LogP contribution is 2.18. The topological polar surface area (TPSA) is 105 Å². The van der Waals surface area contributed by atoms with Gasteiger partial charge in [-0.1, -0.05) is 0 Å². The number of ether oxygens (including phenoxy) is 2. The second-order valence-corrected chi connectivity index (χ2v) is 8.92. The molecular weight excluding hydrogens is 422 g/mol. The van der Waals surface area contributed by atoms with Gasteiger partial charge in [-0.15, -0.1) is 0 Å². The molecule has 0 radical (unpaired) electrons. The SMILES string of the molecule is COc1ccc(NC(=O)CN(C)C(=O)c2ccc(S(=O)(=O)N3CCOCC3)cc2)cc1. The Morgan fingerprint density at radius 1 is 1.06 bits per heavy atom. The molecule has 9 nitrogen and oxygen atoms in total. The Kier molecular flexibility index (Phi) is 7.26. The molecular formula is C21H25N3O6S. The summed E-state index contributed by atoms with van der Waals surface area (Å²) in [5, 5.41) is 2.71. The number of likely N-dealkylation sites (N-methyl/N-ethyl adjacent to an activating group) is 1. The van der Waals surface area contributed by atoms with Crippen LogP contribution in [0.4, 0.5) is 5.69 Å². The number of morpholine rings is 1. The van der Waals surface area contributed by atoms with Gasteiger partial charge in [-0.2, -0.15) is 4.31 Å². The van der Waals surface area contributed by atoms with Crippen molar-refractivity contribution in [1.82, 2.24) is 9.21 Å². The van der Waals surface area contributed by atoms with E-state index in [1.54, 1.807) is 31.4 Å². The quantitative estimate of drug-likeness (QED) is 0.688. The molecule has 1 aliphatic heterocycles. The van der Waals surface area contributed by atoms with Crippen molar-refractivity contribution < 1.29 is 27.5 Å². The van der Waals surface area contributed by atoms with Gasteiger partial charge >= 0.3 is 0 Å². The third kappa shape index (κ3) is 5.60. The first-order valence-corrected chi connectivity index (χ1v) is 11.1. The van der Waals surface area contributed by atoms with Crippen LogP contribution in [0.5, 0.6) is 5.75 Å². The fourth-order valence-electron chi connectivity index (χ4n) is 3.09. The maximum atomic E-state index is 12.7. The molecule has 10 heteroatoms. The third-order valence-corrected chi connectivity index (χ3v) is 6.72. The molecule has 3 rings (SSSR count). The molecule has 0 spiro atoms. The average molecular weight is 448 g/mol. The molecule has 0 aromatic heterocycles. The Bertz CT molecular complexity index is 1020. The molecule has 0 aliphatic carbocycles. The van der Waals surface area contributed by atoms with Crippen LogP contribution < -0.4 is 10.1 Å². The van der Waals surface area contributed by atoms with Gasteiger partial charge in [0.25, 0.3) is 5.91 Å². The highest BCUT2D eigenvalue weighted by molar-refractivity contribution is 7.89. The van der Waals surface area contributed by atoms with E-state index < -0.39 is 10.0 Å². The lowest BCUT2D eigenvalue weighted by molar-refractivity contribution is -0.116. The molecule has 2 aromatic carbocycles. The molecule has 0 bridgehead atoms. The van der Waals surface area contributed by atoms with Crippen molar-refractivity contribution in [3.05, 3.63) is 54.1 Å². The maximum Gasteiger partial charge on any atom is 0.254 e. The Labute approximate surface area is 181 Å². The summed E-state index contributed by atoms with van der Waals surface area (Å²) in [5.74, 6) is -0.0721. The van der Waals surface area contributed by atoms with E-state index >= 15 is 0 Å². The van der Waals surface area contributed by atoms with Crippen molar-refractivity contribution >= 4 is 27.5 Å². The summed E-state index contributed by atoms with van der Waals surface area (Å²) >= 11 is 0. The van der Waals surface area contributed by atoms with Crippen molar-refractivity contribution in [1.29, 1.82) is 0 Å². The third-order valence-electron chi connectivity index (χ3n) is 4.81. The number of nitrogens with zero attached hydrogens (tertiary/aromatic N) is 2. The first-order chi connectivity index (χ1) is 14.8. The van der Waals surface area contributed by atoms with E-state index in [0.717, 1.165) is 0 Å². The molecule has 0 unspecified atom stereocenters. The first-order valence-electron chi connectivity index (χ1n) is 9.68. The van der Waals surface area contributed by atoms with Gasteiger partial charge in [-0.05, 0) is 48.5 Å². The zero-order valence-electron chi connectivity index (χ0n) is 17.4. The fourth-order valence-corrected chi connectivity index (χ4v) is 4.50. The lowest BCUT2D eigenvalue weighted by Crippen LogP contribution is -2.40. The van der Waals surface area contributed by atoms with Crippen LogP contribution in [-0.4, -0.2) is 76.4 Å². The first kappa shape index (κ1) is 22.7. The lowest BCUT2D eigenvalue weighted by atomic mass is 10.2. The van der Waals surface area contributed by atoms with Crippen molar-refractivity contribution in [3.63, 3.8) is 0 Å². The van der Waals surface area contributed by atoms with Gasteiger partial charge in [0, 0.05) is 31.4 Å². The number of carbonyl (C=O) groups is 2. The molecule has 1 fully saturated rings. The summed E-state index contributed by atoms with van der Waals surface area (Å²) in [7, 11) is -0.565. The highest BCUT2D eigenvalue weighted by Gasteiger charge is 2.26. The predicted octanol–water partition coefficient (Wildman–Crippen LogP) is 1.43. The van der Waals surface area contributed by atoms with Gasteiger partial charge in [0.15, 0.2) is 0 Å². The van der Waals surface area contributed by atoms with Crippen LogP contribution in [0.15, 0.2) is 53.4 Å². The minimum absolute atomic E-state index is 0.117. The predicted molar refractivity (Wildman–Crippen MR) is 115 cm³/mol. The standard InChI is InChI=1S/C21H25N3O6S/c1-23(15-20(25)22-17-5-7-18(29-2)8-6-17)21(26)16-3-9-19(10-4-16)31(27,28)24-11-13-30-14-12-24/h3-10H,11-15H2,1-2H3,(H,22,25). The van der Waals surface area contributed by atoms with Crippen molar-refractivity contribution in [2.24, 2.45) is 0 Å². The lowest BCUT2D eigenvalue weighted by Gasteiger charge is -2.26. The highest BCUT2D eigenvalue weighted by atomic mass is 32.2. The summed E-state index contributed by atoms with van der Waals surface area (Å²) in [4.78, 5) is 26.3. The molecule has 1 N–H and O–H groups in total. The normalized spacial score (nSPS) is 14.6. The monoisotopic (exact) mass is 447 g/mol. The number of amides is 2. The molecule has 1 aliphatic rings. The minimum Gasteiger partial charge on any atom is -0.497 e. The molecule has 166 valence electrons. The summed E-state index contributed by atoms with van der Waals surface area (Å²) < 4.78 is 37.0. The van der Waals surface area contributed by atoms with Crippen LogP contribution in [0.25, 0.3) is 0 Å². The summed E-state index contributed by atoms with van der Waals surface area (Å²) in [6.45, 7) is 1.17. The van der Waals surface area contributed by atoms with Crippen LogP contribution in [0.3, 0.4) is 0 Å². The van der Waals surface area contributed by atoms with Crippen LogP contribution in [0.2, 0.25) is 0 Å². The number of hydrogen-bond donors (Lipinski definition) is 1. The Morgan fingerprint density at radius 3 is 2.26 bits per heavy atom. The average Bonchev–Trinajstić information content (AvgIpc) is 2.79. The molecule has 1 heterocycles. The summed E-state index contributed by atoms with van der Waals surface area (Å²) in [5.41, 5.74) is 0.880. The summed E-state index contributed by atoms with van der Waals surface area (Å²) in [6.07, 6.45) is 0. The van der Waals surface area contributed by atoms with Gasteiger partial charge in [0.05, 0.1) is 31.8 Å². The number of benzene rings is 2. The molecule has 2 aromatic rings. The van der Waals surface area contributed by atoms with E-state index in [0.29, 0.717) is 43.3 Å². The van der Waals surface area contributed by atoms with Gasteiger partial charge in [-0.3, -0.25) is 9.59 Å². The number of hydrogen-bond acceptors (Lipinski definition) is 6. The van der Waals surface area contributed by atoms with Crippen molar-refractivity contribution in [2.45, 2.75) is 4.90 Å². The smallest absolute Gasteiger partial charge is 0.254 e. The van der Waals surface area contributed by atoms with Crippen LogP contribution in [0.1, 0.15) is 10.4 Å². The van der Waals surface area contributed by atoms with Crippen molar-refractivity contribution in [3.8, 4) is 5.75 Å². The number of rotatable bonds is 7. The van der Waals surface area contributed by atoms with Crippen LogP contribution >= 0.6 is 0 Å². The van der Waals surface area contributed by atoms with E-state index in [9.17, 15) is 18.0 Å². The Balaban J connectivity index is 1.60. The molecule has 2 amide bonds.